The quantitative estimate of drug-likeness (QED) is 0.771. The standard InChI is InChI=1S/C15H25N5O2/c1-11-8-12(2)20(16-11)10-14(21)19-7-6-18(5)13(9-19)15(22)17(3)4/h8,13H,6-7,9-10H2,1-5H3/t13-/m0/s1. The van der Waals surface area contributed by atoms with Crippen molar-refractivity contribution in [2.45, 2.75) is 26.4 Å². The van der Waals surface area contributed by atoms with E-state index in [1.165, 1.54) is 0 Å². The van der Waals surface area contributed by atoms with Gasteiger partial charge in [-0.1, -0.05) is 0 Å². The number of aryl methyl sites for hydroxylation is 2. The molecular weight excluding hydrogens is 282 g/mol. The highest BCUT2D eigenvalue weighted by Gasteiger charge is 2.33. The van der Waals surface area contributed by atoms with Gasteiger partial charge in [-0.3, -0.25) is 19.2 Å². The molecule has 0 bridgehead atoms. The maximum Gasteiger partial charge on any atom is 0.244 e. The molecule has 1 aromatic rings. The average Bonchev–Trinajstić information content (AvgIpc) is 2.76. The molecule has 1 aromatic heterocycles. The molecule has 1 saturated heterocycles. The molecule has 7 heteroatoms. The van der Waals surface area contributed by atoms with E-state index in [-0.39, 0.29) is 24.4 Å². The molecule has 0 unspecified atom stereocenters. The molecule has 22 heavy (non-hydrogen) atoms. The van der Waals surface area contributed by atoms with Crippen molar-refractivity contribution >= 4 is 11.8 Å². The summed E-state index contributed by atoms with van der Waals surface area (Å²) < 4.78 is 1.72. The van der Waals surface area contributed by atoms with E-state index in [2.05, 4.69) is 5.10 Å². The van der Waals surface area contributed by atoms with Gasteiger partial charge in [0.15, 0.2) is 0 Å². The van der Waals surface area contributed by atoms with Crippen LogP contribution < -0.4 is 0 Å². The van der Waals surface area contributed by atoms with Gasteiger partial charge in [-0.2, -0.15) is 5.10 Å². The fourth-order valence-corrected chi connectivity index (χ4v) is 2.73. The summed E-state index contributed by atoms with van der Waals surface area (Å²) in [6, 6.07) is 1.68. The number of hydrogen-bond acceptors (Lipinski definition) is 4. The number of carbonyl (C=O) groups excluding carboxylic acids is 2. The lowest BCUT2D eigenvalue weighted by Crippen LogP contribution is -2.58. The van der Waals surface area contributed by atoms with Crippen LogP contribution in [0.25, 0.3) is 0 Å². The average molecular weight is 307 g/mol. The van der Waals surface area contributed by atoms with E-state index in [0.717, 1.165) is 11.4 Å². The molecule has 1 atom stereocenters. The number of rotatable bonds is 3. The van der Waals surface area contributed by atoms with E-state index >= 15 is 0 Å². The fourth-order valence-electron chi connectivity index (χ4n) is 2.73. The largest absolute Gasteiger partial charge is 0.347 e. The van der Waals surface area contributed by atoms with Crippen LogP contribution in [0.4, 0.5) is 0 Å². The van der Waals surface area contributed by atoms with Crippen LogP contribution in [0.3, 0.4) is 0 Å². The van der Waals surface area contributed by atoms with Crippen molar-refractivity contribution in [2.24, 2.45) is 0 Å². The number of likely N-dealkylation sites (N-methyl/N-ethyl adjacent to an activating group) is 2. The molecule has 1 fully saturated rings. The Morgan fingerprint density at radius 3 is 2.55 bits per heavy atom. The van der Waals surface area contributed by atoms with Gasteiger partial charge in [-0.05, 0) is 27.0 Å². The number of piperazine rings is 1. The van der Waals surface area contributed by atoms with Crippen molar-refractivity contribution in [1.29, 1.82) is 0 Å². The Morgan fingerprint density at radius 2 is 2.00 bits per heavy atom. The maximum atomic E-state index is 12.5. The molecule has 0 radical (unpaired) electrons. The summed E-state index contributed by atoms with van der Waals surface area (Å²) in [5.41, 5.74) is 1.88. The molecule has 0 aliphatic carbocycles. The van der Waals surface area contributed by atoms with Crippen LogP contribution in [0.1, 0.15) is 11.4 Å². The first-order valence-corrected chi connectivity index (χ1v) is 7.50. The zero-order chi connectivity index (χ0) is 16.4. The summed E-state index contributed by atoms with van der Waals surface area (Å²) in [6.45, 7) is 5.86. The zero-order valence-corrected chi connectivity index (χ0v) is 14.0. The highest BCUT2D eigenvalue weighted by atomic mass is 16.2. The van der Waals surface area contributed by atoms with Crippen molar-refractivity contribution in [3.05, 3.63) is 17.5 Å². The molecular formula is C15H25N5O2. The number of carbonyl (C=O) groups is 2. The monoisotopic (exact) mass is 307 g/mol. The summed E-state index contributed by atoms with van der Waals surface area (Å²) >= 11 is 0. The van der Waals surface area contributed by atoms with Crippen LogP contribution in [0.15, 0.2) is 6.07 Å². The molecule has 2 heterocycles. The second-order valence-corrected chi connectivity index (χ2v) is 6.15. The third kappa shape index (κ3) is 3.47. The molecule has 7 nitrogen and oxygen atoms in total. The Bertz CT molecular complexity index is 566. The molecule has 1 aliphatic heterocycles. The number of hydrogen-bond donors (Lipinski definition) is 0. The first kappa shape index (κ1) is 16.5. The van der Waals surface area contributed by atoms with E-state index < -0.39 is 0 Å². The number of aromatic nitrogens is 2. The Morgan fingerprint density at radius 1 is 1.32 bits per heavy atom. The second-order valence-electron chi connectivity index (χ2n) is 6.15. The fraction of sp³-hybridized carbons (Fsp3) is 0.667. The van der Waals surface area contributed by atoms with Crippen molar-refractivity contribution in [1.82, 2.24) is 24.5 Å². The predicted octanol–water partition coefficient (Wildman–Crippen LogP) is -0.269. The van der Waals surface area contributed by atoms with E-state index in [1.54, 1.807) is 28.6 Å². The van der Waals surface area contributed by atoms with E-state index in [0.29, 0.717) is 19.6 Å². The van der Waals surface area contributed by atoms with Gasteiger partial charge >= 0.3 is 0 Å². The van der Waals surface area contributed by atoms with Crippen molar-refractivity contribution in [3.63, 3.8) is 0 Å². The summed E-state index contributed by atoms with van der Waals surface area (Å²) in [4.78, 5) is 30.1. The molecule has 2 amide bonds. The number of amides is 2. The van der Waals surface area contributed by atoms with Gasteiger partial charge in [0, 0.05) is 39.4 Å². The maximum absolute atomic E-state index is 12.5. The first-order chi connectivity index (χ1) is 10.3. The predicted molar refractivity (Wildman–Crippen MR) is 83.4 cm³/mol. The van der Waals surface area contributed by atoms with Gasteiger partial charge in [-0.25, -0.2) is 0 Å². The Kier molecular flexibility index (Phi) is 4.85. The Hall–Kier alpha value is -1.89. The van der Waals surface area contributed by atoms with E-state index in [9.17, 15) is 9.59 Å². The van der Waals surface area contributed by atoms with Gasteiger partial charge in [0.2, 0.25) is 11.8 Å². The molecule has 0 aromatic carbocycles. The SMILES string of the molecule is Cc1cc(C)n(CC(=O)N2CCN(C)[C@H](C(=O)N(C)C)C2)n1. The number of nitrogens with zero attached hydrogens (tertiary/aromatic N) is 5. The summed E-state index contributed by atoms with van der Waals surface area (Å²) in [7, 11) is 5.41. The lowest BCUT2D eigenvalue weighted by atomic mass is 10.1. The highest BCUT2D eigenvalue weighted by Crippen LogP contribution is 2.11. The van der Waals surface area contributed by atoms with Crippen LogP contribution in [0, 0.1) is 13.8 Å². The molecule has 122 valence electrons. The molecule has 0 spiro atoms. The van der Waals surface area contributed by atoms with Crippen molar-refractivity contribution in [2.75, 3.05) is 40.8 Å². The summed E-state index contributed by atoms with van der Waals surface area (Å²) in [6.07, 6.45) is 0. The van der Waals surface area contributed by atoms with Gasteiger partial charge in [0.25, 0.3) is 0 Å². The van der Waals surface area contributed by atoms with Crippen LogP contribution in [-0.4, -0.2) is 83.1 Å². The van der Waals surface area contributed by atoms with E-state index in [1.807, 2.05) is 31.9 Å². The zero-order valence-electron chi connectivity index (χ0n) is 14.0. The lowest BCUT2D eigenvalue weighted by Gasteiger charge is -2.39. The Labute approximate surface area is 131 Å². The first-order valence-electron chi connectivity index (χ1n) is 7.50. The third-order valence-corrected chi connectivity index (χ3v) is 4.11. The third-order valence-electron chi connectivity index (χ3n) is 4.11. The van der Waals surface area contributed by atoms with Crippen LogP contribution >= 0.6 is 0 Å². The highest BCUT2D eigenvalue weighted by molar-refractivity contribution is 5.83. The van der Waals surface area contributed by atoms with Gasteiger partial charge in [0.1, 0.15) is 12.6 Å². The topological polar surface area (TPSA) is 61.7 Å². The van der Waals surface area contributed by atoms with Gasteiger partial charge in [-0.15, -0.1) is 0 Å². The normalized spacial score (nSPS) is 19.3. The van der Waals surface area contributed by atoms with Crippen LogP contribution in [-0.2, 0) is 16.1 Å². The second kappa shape index (κ2) is 6.48. The van der Waals surface area contributed by atoms with Crippen LogP contribution in [0.2, 0.25) is 0 Å². The molecule has 1 aliphatic rings. The summed E-state index contributed by atoms with van der Waals surface area (Å²) in [5, 5.41) is 4.33. The molecule has 0 N–H and O–H groups in total. The van der Waals surface area contributed by atoms with Crippen molar-refractivity contribution in [3.8, 4) is 0 Å². The minimum Gasteiger partial charge on any atom is -0.347 e. The van der Waals surface area contributed by atoms with Crippen LogP contribution in [0.5, 0.6) is 0 Å². The minimum absolute atomic E-state index is 0.0101. The van der Waals surface area contributed by atoms with E-state index in [4.69, 9.17) is 0 Å². The molecule has 2 rings (SSSR count). The lowest BCUT2D eigenvalue weighted by molar-refractivity contribution is -0.141. The van der Waals surface area contributed by atoms with Gasteiger partial charge in [0.05, 0.1) is 5.69 Å². The molecule has 0 saturated carbocycles. The smallest absolute Gasteiger partial charge is 0.244 e. The minimum atomic E-state index is -0.270. The van der Waals surface area contributed by atoms with Crippen molar-refractivity contribution < 1.29 is 9.59 Å². The van der Waals surface area contributed by atoms with Gasteiger partial charge < -0.3 is 9.80 Å². The Balaban J connectivity index is 2.04. The summed E-state index contributed by atoms with van der Waals surface area (Å²) in [5.74, 6) is 0.0435.